The fourth-order valence-electron chi connectivity index (χ4n) is 0.568. The maximum absolute atomic E-state index is 9.68. The molecule has 0 saturated carbocycles. The molecule has 0 N–H and O–H groups in total. The van der Waals surface area contributed by atoms with Crippen molar-refractivity contribution in [3.63, 3.8) is 0 Å². The molecular weight excluding hydrogens is 114 g/mol. The molecule has 0 heterocycles. The van der Waals surface area contributed by atoms with Crippen LogP contribution in [0.5, 0.6) is 0 Å². The second-order valence-corrected chi connectivity index (χ2v) is 2.12. The Bertz CT molecular complexity index is 147. The third kappa shape index (κ3) is 4.94. The zero-order valence-electron chi connectivity index (χ0n) is 5.85. The van der Waals surface area contributed by atoms with Gasteiger partial charge in [0.15, 0.2) is 0 Å². The summed E-state index contributed by atoms with van der Waals surface area (Å²) in [5.74, 6) is 0. The zero-order chi connectivity index (χ0) is 7.28. The van der Waals surface area contributed by atoms with E-state index in [1.165, 1.54) is 0 Å². The van der Waals surface area contributed by atoms with Gasteiger partial charge < -0.3 is 0 Å². The first-order valence-corrected chi connectivity index (χ1v) is 2.78. The van der Waals surface area contributed by atoms with Crippen LogP contribution in [-0.4, -0.2) is 6.54 Å². The Hall–Kier alpha value is -0.920. The average Bonchev–Trinajstić information content (AvgIpc) is 1.63. The summed E-state index contributed by atoms with van der Waals surface area (Å²) in [4.78, 5) is 9.68. The molecule has 2 nitrogen and oxygen atoms in total. The Morgan fingerprint density at radius 2 is 2.22 bits per heavy atom. The van der Waals surface area contributed by atoms with Gasteiger partial charge in [0, 0.05) is 0 Å². The normalized spacial score (nSPS) is 11.1. The lowest BCUT2D eigenvalue weighted by Gasteiger charge is -1.90. The highest BCUT2D eigenvalue weighted by Crippen LogP contribution is 1.98. The molecule has 0 saturated heterocycles. The van der Waals surface area contributed by atoms with E-state index in [9.17, 15) is 4.91 Å². The summed E-state index contributed by atoms with van der Waals surface area (Å²) in [7, 11) is 0. The van der Waals surface area contributed by atoms with E-state index in [2.05, 4.69) is 11.8 Å². The molecule has 0 fully saturated rings. The molecule has 0 aromatic heterocycles. The van der Waals surface area contributed by atoms with Gasteiger partial charge in [-0.25, -0.2) is 0 Å². The first-order chi connectivity index (χ1) is 4.16. The first-order valence-electron chi connectivity index (χ1n) is 2.78. The quantitative estimate of drug-likeness (QED) is 0.420. The molecule has 0 aliphatic heterocycles. The van der Waals surface area contributed by atoms with E-state index >= 15 is 0 Å². The first kappa shape index (κ1) is 8.08. The third-order valence-electron chi connectivity index (χ3n) is 0.807. The van der Waals surface area contributed by atoms with Crippen LogP contribution < -0.4 is 0 Å². The lowest BCUT2D eigenvalue weighted by Crippen LogP contribution is -1.80. The van der Waals surface area contributed by atoms with Crippen LogP contribution in [0.15, 0.2) is 29.0 Å². The second kappa shape index (κ2) is 4.01. The van der Waals surface area contributed by atoms with Gasteiger partial charge in [-0.15, -0.1) is 0 Å². The Morgan fingerprint density at radius 3 is 2.56 bits per heavy atom. The molecule has 0 aliphatic rings. The second-order valence-electron chi connectivity index (χ2n) is 2.12. The minimum absolute atomic E-state index is 0.271. The van der Waals surface area contributed by atoms with Crippen LogP contribution in [0.4, 0.5) is 0 Å². The fourth-order valence-corrected chi connectivity index (χ4v) is 0.568. The molecular formula is C7H11NO. The fraction of sp³-hybridized carbons (Fsp3) is 0.429. The largest absolute Gasteiger partial charge is 0.150 e. The Labute approximate surface area is 55.2 Å². The summed E-state index contributed by atoms with van der Waals surface area (Å²) in [6, 6.07) is 0. The van der Waals surface area contributed by atoms with E-state index in [1.807, 2.05) is 19.9 Å². The Balaban J connectivity index is 3.83. The van der Waals surface area contributed by atoms with Crippen LogP contribution in [0.2, 0.25) is 0 Å². The van der Waals surface area contributed by atoms with Crippen molar-refractivity contribution in [1.82, 2.24) is 0 Å². The maximum Gasteiger partial charge on any atom is 0.102 e. The van der Waals surface area contributed by atoms with Crippen molar-refractivity contribution in [2.45, 2.75) is 13.8 Å². The van der Waals surface area contributed by atoms with Gasteiger partial charge in [-0.1, -0.05) is 23.4 Å². The molecule has 0 atom stereocenters. The van der Waals surface area contributed by atoms with E-state index in [0.29, 0.717) is 0 Å². The lowest BCUT2D eigenvalue weighted by molar-refractivity contribution is 1.12. The molecule has 2 heteroatoms. The highest BCUT2D eigenvalue weighted by molar-refractivity contribution is 5.17. The topological polar surface area (TPSA) is 29.4 Å². The molecule has 0 aromatic rings. The summed E-state index contributed by atoms with van der Waals surface area (Å²) in [5.41, 5.74) is 1.91. The number of hydrogen-bond acceptors (Lipinski definition) is 2. The molecule has 0 aromatic carbocycles. The summed E-state index contributed by atoms with van der Waals surface area (Å²) in [6.07, 6.45) is 1.85. The smallest absolute Gasteiger partial charge is 0.102 e. The van der Waals surface area contributed by atoms with Crippen LogP contribution in [0.3, 0.4) is 0 Å². The molecule has 0 amide bonds. The third-order valence-corrected chi connectivity index (χ3v) is 0.807. The van der Waals surface area contributed by atoms with Gasteiger partial charge in [0.05, 0.1) is 0 Å². The number of rotatable bonds is 3. The van der Waals surface area contributed by atoms with E-state index in [1.54, 1.807) is 0 Å². The van der Waals surface area contributed by atoms with Crippen molar-refractivity contribution < 1.29 is 0 Å². The van der Waals surface area contributed by atoms with E-state index in [4.69, 9.17) is 0 Å². The van der Waals surface area contributed by atoms with E-state index < -0.39 is 0 Å². The van der Waals surface area contributed by atoms with Gasteiger partial charge in [-0.2, -0.15) is 4.91 Å². The standard InChI is InChI=1S/C7H11NO/c1-6(2)4-7(3)5-8-9/h4H,1,5H2,2-3H3/b7-4-. The lowest BCUT2D eigenvalue weighted by atomic mass is 10.2. The molecule has 0 radical (unpaired) electrons. The Kier molecular flexibility index (Phi) is 3.60. The van der Waals surface area contributed by atoms with Crippen molar-refractivity contribution in [3.05, 3.63) is 28.7 Å². The highest BCUT2D eigenvalue weighted by atomic mass is 16.3. The SMILES string of the molecule is C=C(C)/C=C(/C)CN=O. The van der Waals surface area contributed by atoms with Gasteiger partial charge in [0.1, 0.15) is 6.54 Å². The number of nitroso groups, excluding NO2 is 1. The van der Waals surface area contributed by atoms with Crippen LogP contribution >= 0.6 is 0 Å². The van der Waals surface area contributed by atoms with E-state index in [-0.39, 0.29) is 6.54 Å². The predicted molar refractivity (Wildman–Crippen MR) is 39.2 cm³/mol. The number of allylic oxidation sites excluding steroid dienone is 2. The van der Waals surface area contributed by atoms with Gasteiger partial charge in [-0.05, 0) is 19.4 Å². The van der Waals surface area contributed by atoms with Crippen molar-refractivity contribution in [1.29, 1.82) is 0 Å². The number of nitrogens with zero attached hydrogens (tertiary/aromatic N) is 1. The van der Waals surface area contributed by atoms with E-state index in [0.717, 1.165) is 11.1 Å². The molecule has 0 spiro atoms. The van der Waals surface area contributed by atoms with Crippen LogP contribution in [0, 0.1) is 4.91 Å². The summed E-state index contributed by atoms with van der Waals surface area (Å²) >= 11 is 0. The van der Waals surface area contributed by atoms with Crippen LogP contribution in [-0.2, 0) is 0 Å². The monoisotopic (exact) mass is 125 g/mol. The van der Waals surface area contributed by atoms with Crippen molar-refractivity contribution >= 4 is 0 Å². The molecule has 0 unspecified atom stereocenters. The maximum atomic E-state index is 9.68. The Morgan fingerprint density at radius 1 is 1.67 bits per heavy atom. The van der Waals surface area contributed by atoms with Crippen LogP contribution in [0.25, 0.3) is 0 Å². The van der Waals surface area contributed by atoms with Crippen molar-refractivity contribution in [2.75, 3.05) is 6.54 Å². The molecule has 50 valence electrons. The van der Waals surface area contributed by atoms with Crippen molar-refractivity contribution in [2.24, 2.45) is 5.18 Å². The predicted octanol–water partition coefficient (Wildman–Crippen LogP) is 2.28. The van der Waals surface area contributed by atoms with Gasteiger partial charge in [0.25, 0.3) is 0 Å². The van der Waals surface area contributed by atoms with Gasteiger partial charge in [0.2, 0.25) is 0 Å². The summed E-state index contributed by atoms with van der Waals surface area (Å²) < 4.78 is 0. The summed E-state index contributed by atoms with van der Waals surface area (Å²) in [5, 5.41) is 2.73. The minimum Gasteiger partial charge on any atom is -0.150 e. The molecule has 0 bridgehead atoms. The van der Waals surface area contributed by atoms with Crippen LogP contribution in [0.1, 0.15) is 13.8 Å². The van der Waals surface area contributed by atoms with Crippen molar-refractivity contribution in [3.8, 4) is 0 Å². The molecule has 0 rings (SSSR count). The minimum atomic E-state index is 0.271. The molecule has 9 heavy (non-hydrogen) atoms. The zero-order valence-corrected chi connectivity index (χ0v) is 5.85. The highest BCUT2D eigenvalue weighted by Gasteiger charge is 1.85. The number of hydrogen-bond donors (Lipinski definition) is 0. The van der Waals surface area contributed by atoms with Gasteiger partial charge >= 0.3 is 0 Å². The molecule has 0 aliphatic carbocycles. The van der Waals surface area contributed by atoms with Gasteiger partial charge in [-0.3, -0.25) is 0 Å². The average molecular weight is 125 g/mol. The summed E-state index contributed by atoms with van der Waals surface area (Å²) in [6.45, 7) is 7.67.